The van der Waals surface area contributed by atoms with Gasteiger partial charge in [0.05, 0.1) is 4.47 Å². The molecular weight excluding hydrogens is 245 g/mol. The molecule has 1 aromatic rings. The number of halogens is 2. The number of hydrogen-bond donors (Lipinski definition) is 1. The Labute approximate surface area is 92.6 Å². The zero-order valence-electron chi connectivity index (χ0n) is 8.26. The molecule has 0 amide bonds. The minimum atomic E-state index is -0.226. The minimum Gasteiger partial charge on any atom is -0.324 e. The number of benzene rings is 1. The predicted molar refractivity (Wildman–Crippen MR) is 60.6 cm³/mol. The van der Waals surface area contributed by atoms with Gasteiger partial charge in [-0.3, -0.25) is 0 Å². The first kappa shape index (κ1) is 11.7. The van der Waals surface area contributed by atoms with Crippen LogP contribution in [0.2, 0.25) is 0 Å². The molecule has 1 aromatic carbocycles. The standard InChI is InChI=1S/C11H15BrFN/c1-2-3-7-10(14)8-5-4-6-9(12)11(8)13/h4-6,10H,2-3,7,14H2,1H3/t10-/m0/s1. The first-order chi connectivity index (χ1) is 6.66. The Bertz CT molecular complexity index is 301. The van der Waals surface area contributed by atoms with E-state index in [-0.39, 0.29) is 11.9 Å². The van der Waals surface area contributed by atoms with Crippen molar-refractivity contribution < 1.29 is 4.39 Å². The van der Waals surface area contributed by atoms with E-state index in [0.29, 0.717) is 10.0 Å². The van der Waals surface area contributed by atoms with E-state index >= 15 is 0 Å². The Kier molecular flexibility index (Phi) is 4.55. The van der Waals surface area contributed by atoms with E-state index in [1.165, 1.54) is 0 Å². The van der Waals surface area contributed by atoms with Gasteiger partial charge in [-0.15, -0.1) is 0 Å². The molecule has 1 rings (SSSR count). The van der Waals surface area contributed by atoms with Crippen LogP contribution in [-0.2, 0) is 0 Å². The van der Waals surface area contributed by atoms with Crippen LogP contribution in [0.3, 0.4) is 0 Å². The molecular formula is C11H15BrFN. The van der Waals surface area contributed by atoms with Gasteiger partial charge in [-0.25, -0.2) is 4.39 Å². The fourth-order valence-corrected chi connectivity index (χ4v) is 1.77. The molecule has 0 saturated carbocycles. The third-order valence-electron chi connectivity index (χ3n) is 2.25. The summed E-state index contributed by atoms with van der Waals surface area (Å²) in [7, 11) is 0. The molecule has 78 valence electrons. The Hall–Kier alpha value is -0.410. The van der Waals surface area contributed by atoms with Crippen LogP contribution in [0.1, 0.15) is 37.8 Å². The Morgan fingerprint density at radius 3 is 2.86 bits per heavy atom. The SMILES string of the molecule is CCCC[C@H](N)c1cccc(Br)c1F. The maximum Gasteiger partial charge on any atom is 0.142 e. The number of rotatable bonds is 4. The number of nitrogens with two attached hydrogens (primary N) is 1. The molecule has 2 N–H and O–H groups in total. The maximum atomic E-state index is 13.6. The fraction of sp³-hybridized carbons (Fsp3) is 0.455. The highest BCUT2D eigenvalue weighted by atomic mass is 79.9. The van der Waals surface area contributed by atoms with E-state index in [0.717, 1.165) is 19.3 Å². The highest BCUT2D eigenvalue weighted by Crippen LogP contribution is 2.25. The molecule has 3 heteroatoms. The highest BCUT2D eigenvalue weighted by Gasteiger charge is 2.12. The Balaban J connectivity index is 2.79. The lowest BCUT2D eigenvalue weighted by molar-refractivity contribution is 0.544. The molecule has 1 nitrogen and oxygen atoms in total. The van der Waals surface area contributed by atoms with Gasteiger partial charge in [0, 0.05) is 11.6 Å². The smallest absolute Gasteiger partial charge is 0.142 e. The lowest BCUT2D eigenvalue weighted by atomic mass is 10.0. The summed E-state index contributed by atoms with van der Waals surface area (Å²) in [6, 6.07) is 5.06. The average molecular weight is 260 g/mol. The Morgan fingerprint density at radius 1 is 1.50 bits per heavy atom. The quantitative estimate of drug-likeness (QED) is 0.875. The van der Waals surface area contributed by atoms with Crippen LogP contribution in [0.4, 0.5) is 4.39 Å². The van der Waals surface area contributed by atoms with E-state index in [4.69, 9.17) is 5.73 Å². The van der Waals surface area contributed by atoms with Crippen molar-refractivity contribution in [2.24, 2.45) is 5.73 Å². The normalized spacial score (nSPS) is 12.9. The summed E-state index contributed by atoms with van der Waals surface area (Å²) in [5.41, 5.74) is 6.49. The molecule has 0 fully saturated rings. The van der Waals surface area contributed by atoms with Gasteiger partial charge in [0.15, 0.2) is 0 Å². The first-order valence-electron chi connectivity index (χ1n) is 4.86. The van der Waals surface area contributed by atoms with Crippen molar-refractivity contribution in [3.05, 3.63) is 34.1 Å². The van der Waals surface area contributed by atoms with Crippen molar-refractivity contribution >= 4 is 15.9 Å². The summed E-state index contributed by atoms with van der Waals surface area (Å²) in [5.74, 6) is -0.226. The van der Waals surface area contributed by atoms with Crippen molar-refractivity contribution in [1.82, 2.24) is 0 Å². The van der Waals surface area contributed by atoms with Gasteiger partial charge >= 0.3 is 0 Å². The summed E-state index contributed by atoms with van der Waals surface area (Å²) in [6.07, 6.45) is 2.96. The van der Waals surface area contributed by atoms with Crippen molar-refractivity contribution in [3.63, 3.8) is 0 Å². The zero-order valence-corrected chi connectivity index (χ0v) is 9.85. The van der Waals surface area contributed by atoms with Crippen LogP contribution in [0.25, 0.3) is 0 Å². The zero-order chi connectivity index (χ0) is 10.6. The maximum absolute atomic E-state index is 13.6. The molecule has 1 atom stereocenters. The van der Waals surface area contributed by atoms with Crippen LogP contribution in [0.5, 0.6) is 0 Å². The average Bonchev–Trinajstić information content (AvgIpc) is 2.18. The third kappa shape index (κ3) is 2.79. The summed E-state index contributed by atoms with van der Waals surface area (Å²) in [4.78, 5) is 0. The van der Waals surface area contributed by atoms with Crippen LogP contribution in [0, 0.1) is 5.82 Å². The monoisotopic (exact) mass is 259 g/mol. The van der Waals surface area contributed by atoms with Gasteiger partial charge in [0.25, 0.3) is 0 Å². The van der Waals surface area contributed by atoms with Crippen LogP contribution >= 0.6 is 15.9 Å². The van der Waals surface area contributed by atoms with Crippen LogP contribution in [-0.4, -0.2) is 0 Å². The summed E-state index contributed by atoms with van der Waals surface area (Å²) in [6.45, 7) is 2.10. The lowest BCUT2D eigenvalue weighted by Crippen LogP contribution is -2.12. The number of unbranched alkanes of at least 4 members (excludes halogenated alkanes) is 1. The summed E-state index contributed by atoms with van der Waals surface area (Å²) >= 11 is 3.15. The van der Waals surface area contributed by atoms with Crippen molar-refractivity contribution in [1.29, 1.82) is 0 Å². The molecule has 0 aliphatic rings. The molecule has 0 radical (unpaired) electrons. The van der Waals surface area contributed by atoms with E-state index in [1.807, 2.05) is 6.07 Å². The topological polar surface area (TPSA) is 26.0 Å². The molecule has 14 heavy (non-hydrogen) atoms. The van der Waals surface area contributed by atoms with Gasteiger partial charge in [-0.1, -0.05) is 31.9 Å². The minimum absolute atomic E-state index is 0.188. The molecule has 0 unspecified atom stereocenters. The van der Waals surface area contributed by atoms with Gasteiger partial charge in [-0.2, -0.15) is 0 Å². The fourth-order valence-electron chi connectivity index (χ4n) is 1.39. The van der Waals surface area contributed by atoms with Crippen LogP contribution in [0.15, 0.2) is 22.7 Å². The molecule has 0 aliphatic heterocycles. The van der Waals surface area contributed by atoms with Crippen molar-refractivity contribution in [2.75, 3.05) is 0 Å². The van der Waals surface area contributed by atoms with Gasteiger partial charge in [-0.05, 0) is 28.4 Å². The molecule has 0 heterocycles. The van der Waals surface area contributed by atoms with Crippen LogP contribution < -0.4 is 5.73 Å². The third-order valence-corrected chi connectivity index (χ3v) is 2.86. The Morgan fingerprint density at radius 2 is 2.21 bits per heavy atom. The first-order valence-corrected chi connectivity index (χ1v) is 5.65. The second kappa shape index (κ2) is 5.47. The largest absolute Gasteiger partial charge is 0.324 e. The molecule has 0 saturated heterocycles. The van der Waals surface area contributed by atoms with E-state index in [2.05, 4.69) is 22.9 Å². The summed E-state index contributed by atoms with van der Waals surface area (Å²) < 4.78 is 14.0. The predicted octanol–water partition coefficient (Wildman–Crippen LogP) is 3.78. The molecule has 0 aromatic heterocycles. The highest BCUT2D eigenvalue weighted by molar-refractivity contribution is 9.10. The van der Waals surface area contributed by atoms with E-state index in [1.54, 1.807) is 12.1 Å². The van der Waals surface area contributed by atoms with Crippen molar-refractivity contribution in [2.45, 2.75) is 32.2 Å². The molecule has 0 bridgehead atoms. The number of hydrogen-bond acceptors (Lipinski definition) is 1. The second-order valence-corrected chi connectivity index (χ2v) is 4.25. The molecule has 0 aliphatic carbocycles. The summed E-state index contributed by atoms with van der Waals surface area (Å²) in [5, 5.41) is 0. The molecule has 0 spiro atoms. The van der Waals surface area contributed by atoms with E-state index < -0.39 is 0 Å². The van der Waals surface area contributed by atoms with Crippen molar-refractivity contribution in [3.8, 4) is 0 Å². The lowest BCUT2D eigenvalue weighted by Gasteiger charge is -2.12. The van der Waals surface area contributed by atoms with Gasteiger partial charge < -0.3 is 5.73 Å². The van der Waals surface area contributed by atoms with Gasteiger partial charge in [0.2, 0.25) is 0 Å². The van der Waals surface area contributed by atoms with Gasteiger partial charge in [0.1, 0.15) is 5.82 Å². The second-order valence-electron chi connectivity index (χ2n) is 3.39. The van der Waals surface area contributed by atoms with E-state index in [9.17, 15) is 4.39 Å².